The van der Waals surface area contributed by atoms with Crippen LogP contribution in [0.4, 0.5) is 0 Å². The number of carbonyl (C=O) groups excluding carboxylic acids is 3. The van der Waals surface area contributed by atoms with Crippen LogP contribution in [0, 0.1) is 5.92 Å². The van der Waals surface area contributed by atoms with Crippen LogP contribution in [0.2, 0.25) is 0 Å². The molecule has 166 valence electrons. The van der Waals surface area contributed by atoms with Gasteiger partial charge in [-0.15, -0.1) is 0 Å². The highest BCUT2D eigenvalue weighted by Gasteiger charge is 2.28. The van der Waals surface area contributed by atoms with Crippen molar-refractivity contribution < 1.29 is 27.5 Å². The third-order valence-corrected chi connectivity index (χ3v) is 7.15. The average Bonchev–Trinajstić information content (AvgIpc) is 3.18. The number of benzene rings is 1. The van der Waals surface area contributed by atoms with E-state index in [-0.39, 0.29) is 10.5 Å². The van der Waals surface area contributed by atoms with Crippen molar-refractivity contribution >= 4 is 27.8 Å². The number of hydrogen-bond donors (Lipinski definition) is 1. The van der Waals surface area contributed by atoms with E-state index >= 15 is 0 Å². The number of imide groups is 1. The highest BCUT2D eigenvalue weighted by molar-refractivity contribution is 7.89. The lowest BCUT2D eigenvalue weighted by molar-refractivity contribution is -0.123. The normalized spacial score (nSPS) is 15.4. The molecule has 0 atom stereocenters. The Morgan fingerprint density at radius 1 is 1.10 bits per heavy atom. The molecule has 1 fully saturated rings. The molecule has 1 aliphatic heterocycles. The second kappa shape index (κ2) is 9.44. The molecule has 1 aromatic carbocycles. The van der Waals surface area contributed by atoms with Crippen LogP contribution in [0.5, 0.6) is 0 Å². The minimum absolute atomic E-state index is 0.101. The van der Waals surface area contributed by atoms with Gasteiger partial charge in [-0.1, -0.05) is 6.92 Å². The van der Waals surface area contributed by atoms with Gasteiger partial charge in [0.2, 0.25) is 10.0 Å². The van der Waals surface area contributed by atoms with E-state index in [0.29, 0.717) is 24.7 Å². The van der Waals surface area contributed by atoms with Gasteiger partial charge in [-0.2, -0.15) is 4.31 Å². The predicted octanol–water partition coefficient (Wildman–Crippen LogP) is 1.56. The maximum atomic E-state index is 12.7. The molecule has 1 aliphatic rings. The Bertz CT molecular complexity index is 1070. The van der Waals surface area contributed by atoms with Crippen LogP contribution in [-0.2, 0) is 26.6 Å². The van der Waals surface area contributed by atoms with E-state index in [1.807, 2.05) is 0 Å². The van der Waals surface area contributed by atoms with E-state index in [2.05, 4.69) is 12.2 Å². The summed E-state index contributed by atoms with van der Waals surface area (Å²) < 4.78 is 33.4. The summed E-state index contributed by atoms with van der Waals surface area (Å²) in [6, 6.07) is 8.60. The first kappa shape index (κ1) is 22.7. The Kier molecular flexibility index (Phi) is 6.91. The lowest BCUT2D eigenvalue weighted by Gasteiger charge is -2.29. The van der Waals surface area contributed by atoms with Crippen LogP contribution < -0.4 is 5.32 Å². The summed E-state index contributed by atoms with van der Waals surface area (Å²) in [4.78, 5) is 36.1. The molecular weight excluding hydrogens is 422 g/mol. The van der Waals surface area contributed by atoms with Crippen LogP contribution in [0.25, 0.3) is 0 Å². The first-order chi connectivity index (χ1) is 14.7. The van der Waals surface area contributed by atoms with Crippen molar-refractivity contribution in [2.24, 2.45) is 13.0 Å². The molecule has 0 unspecified atom stereocenters. The molecule has 31 heavy (non-hydrogen) atoms. The topological polar surface area (TPSA) is 115 Å². The number of ether oxygens (including phenoxy) is 1. The molecule has 0 bridgehead atoms. The number of hydrogen-bond acceptors (Lipinski definition) is 6. The van der Waals surface area contributed by atoms with Gasteiger partial charge in [-0.05, 0) is 55.2 Å². The molecule has 1 aromatic heterocycles. The van der Waals surface area contributed by atoms with Gasteiger partial charge in [0.1, 0.15) is 5.69 Å². The summed E-state index contributed by atoms with van der Waals surface area (Å²) >= 11 is 0. The number of rotatable bonds is 6. The zero-order valence-electron chi connectivity index (χ0n) is 17.4. The minimum Gasteiger partial charge on any atom is -0.452 e. The van der Waals surface area contributed by atoms with Crippen LogP contribution in [0.15, 0.2) is 47.5 Å². The summed E-state index contributed by atoms with van der Waals surface area (Å²) in [5, 5.41) is 2.14. The molecule has 10 heteroatoms. The smallest absolute Gasteiger partial charge is 0.338 e. The fraction of sp³-hybridized carbons (Fsp3) is 0.381. The van der Waals surface area contributed by atoms with E-state index in [1.54, 1.807) is 29.9 Å². The lowest BCUT2D eigenvalue weighted by atomic mass is 10.0. The van der Waals surface area contributed by atoms with E-state index < -0.39 is 34.4 Å². The van der Waals surface area contributed by atoms with Gasteiger partial charge < -0.3 is 9.30 Å². The SMILES string of the molecule is CC1CCN(S(=O)(=O)c2ccc(C(=O)OCC(=O)NC(=O)c3cccn3C)cc2)CC1. The van der Waals surface area contributed by atoms with Crippen molar-refractivity contribution in [3.05, 3.63) is 53.9 Å². The van der Waals surface area contributed by atoms with Gasteiger partial charge in [0.15, 0.2) is 6.61 Å². The van der Waals surface area contributed by atoms with Crippen LogP contribution >= 0.6 is 0 Å². The van der Waals surface area contributed by atoms with E-state index in [0.717, 1.165) is 12.8 Å². The lowest BCUT2D eigenvalue weighted by Crippen LogP contribution is -2.37. The molecule has 2 amide bonds. The number of aromatic nitrogens is 1. The maximum Gasteiger partial charge on any atom is 0.338 e. The summed E-state index contributed by atoms with van der Waals surface area (Å²) in [5.74, 6) is -1.66. The highest BCUT2D eigenvalue weighted by Crippen LogP contribution is 2.23. The molecule has 9 nitrogen and oxygen atoms in total. The van der Waals surface area contributed by atoms with E-state index in [1.165, 1.54) is 28.6 Å². The van der Waals surface area contributed by atoms with Crippen molar-refractivity contribution in [2.45, 2.75) is 24.7 Å². The first-order valence-corrected chi connectivity index (χ1v) is 11.4. The van der Waals surface area contributed by atoms with Gasteiger partial charge in [0.05, 0.1) is 10.5 Å². The Balaban J connectivity index is 1.55. The van der Waals surface area contributed by atoms with Crippen molar-refractivity contribution in [3.8, 4) is 0 Å². The summed E-state index contributed by atoms with van der Waals surface area (Å²) in [7, 11) is -1.95. The summed E-state index contributed by atoms with van der Waals surface area (Å²) in [6.45, 7) is 2.41. The summed E-state index contributed by atoms with van der Waals surface area (Å²) in [6.07, 6.45) is 3.30. The number of nitrogens with zero attached hydrogens (tertiary/aromatic N) is 2. The molecule has 1 saturated heterocycles. The largest absolute Gasteiger partial charge is 0.452 e. The molecule has 0 spiro atoms. The molecule has 3 rings (SSSR count). The van der Waals surface area contributed by atoms with Gasteiger partial charge in [-0.3, -0.25) is 14.9 Å². The monoisotopic (exact) mass is 447 g/mol. The number of carbonyl (C=O) groups is 3. The third-order valence-electron chi connectivity index (χ3n) is 5.23. The fourth-order valence-corrected chi connectivity index (χ4v) is 4.75. The van der Waals surface area contributed by atoms with Gasteiger partial charge >= 0.3 is 5.97 Å². The molecule has 0 radical (unpaired) electrons. The average molecular weight is 448 g/mol. The predicted molar refractivity (Wildman–Crippen MR) is 112 cm³/mol. The minimum atomic E-state index is -3.61. The molecule has 2 aromatic rings. The Morgan fingerprint density at radius 2 is 1.74 bits per heavy atom. The second-order valence-corrected chi connectivity index (χ2v) is 9.51. The highest BCUT2D eigenvalue weighted by atomic mass is 32.2. The standard InChI is InChI=1S/C21H25N3O6S/c1-15-9-12-24(13-10-15)31(28,29)17-7-5-16(6-8-17)21(27)30-14-19(25)22-20(26)18-4-3-11-23(18)2/h3-8,11,15H,9-10,12-14H2,1-2H3,(H,22,25,26). The number of nitrogens with one attached hydrogen (secondary N) is 1. The number of esters is 1. The Morgan fingerprint density at radius 3 is 2.32 bits per heavy atom. The number of piperidine rings is 1. The van der Waals surface area contributed by atoms with Crippen molar-refractivity contribution in [1.82, 2.24) is 14.2 Å². The van der Waals surface area contributed by atoms with Crippen molar-refractivity contribution in [2.75, 3.05) is 19.7 Å². The van der Waals surface area contributed by atoms with Crippen molar-refractivity contribution in [3.63, 3.8) is 0 Å². The molecule has 0 saturated carbocycles. The zero-order valence-corrected chi connectivity index (χ0v) is 18.2. The Hall–Kier alpha value is -2.98. The fourth-order valence-electron chi connectivity index (χ4n) is 3.28. The van der Waals surface area contributed by atoms with Crippen molar-refractivity contribution in [1.29, 1.82) is 0 Å². The molecular formula is C21H25N3O6S. The maximum absolute atomic E-state index is 12.7. The van der Waals surface area contributed by atoms with Crippen LogP contribution in [0.1, 0.15) is 40.6 Å². The number of aryl methyl sites for hydroxylation is 1. The third kappa shape index (κ3) is 5.39. The second-order valence-electron chi connectivity index (χ2n) is 7.57. The number of amides is 2. The molecule has 0 aliphatic carbocycles. The van der Waals surface area contributed by atoms with Gasteiger partial charge in [-0.25, -0.2) is 13.2 Å². The zero-order chi connectivity index (χ0) is 22.6. The van der Waals surface area contributed by atoms with Gasteiger partial charge in [0, 0.05) is 26.3 Å². The van der Waals surface area contributed by atoms with Crippen LogP contribution in [0.3, 0.4) is 0 Å². The molecule has 1 N–H and O–H groups in total. The van der Waals surface area contributed by atoms with Gasteiger partial charge in [0.25, 0.3) is 11.8 Å². The van der Waals surface area contributed by atoms with E-state index in [9.17, 15) is 22.8 Å². The summed E-state index contributed by atoms with van der Waals surface area (Å²) in [5.41, 5.74) is 0.396. The number of sulfonamides is 1. The van der Waals surface area contributed by atoms with E-state index in [4.69, 9.17) is 4.74 Å². The Labute approximate surface area is 181 Å². The first-order valence-electron chi connectivity index (χ1n) is 9.91. The molecule has 2 heterocycles. The quantitative estimate of drug-likeness (QED) is 0.672. The van der Waals surface area contributed by atoms with Crippen LogP contribution in [-0.4, -0.2) is 54.8 Å².